The quantitative estimate of drug-likeness (QED) is 0.892. The van der Waals surface area contributed by atoms with Gasteiger partial charge in [-0.25, -0.2) is 4.98 Å². The first kappa shape index (κ1) is 11.9. The third kappa shape index (κ3) is 2.22. The molecule has 0 aliphatic heterocycles. The highest BCUT2D eigenvalue weighted by atomic mass is 32.1. The minimum atomic E-state index is -4.33. The fourth-order valence-corrected chi connectivity index (χ4v) is 3.04. The average Bonchev–Trinajstić information content (AvgIpc) is 2.74. The molecule has 2 nitrogen and oxygen atoms in total. The zero-order valence-electron chi connectivity index (χ0n) is 9.06. The Hall–Kier alpha value is -0.620. The summed E-state index contributed by atoms with van der Waals surface area (Å²) in [5, 5.41) is 3.39. The Labute approximate surface area is 95.9 Å². The zero-order valence-corrected chi connectivity index (χ0v) is 9.87. The van der Waals surface area contributed by atoms with Gasteiger partial charge < -0.3 is 5.32 Å². The van der Waals surface area contributed by atoms with Crippen LogP contribution in [0.3, 0.4) is 0 Å². The summed E-state index contributed by atoms with van der Waals surface area (Å²) in [6, 6.07) is 0. The largest absolute Gasteiger partial charge is 0.434 e. The molecule has 1 aliphatic carbocycles. The first-order valence-electron chi connectivity index (χ1n) is 5.15. The highest BCUT2D eigenvalue weighted by molar-refractivity contribution is 7.11. The molecule has 2 atom stereocenters. The summed E-state index contributed by atoms with van der Waals surface area (Å²) < 4.78 is 38.0. The molecular formula is C10H13F3N2S. The Balaban J connectivity index is 2.30. The van der Waals surface area contributed by atoms with Crippen LogP contribution in [0.4, 0.5) is 13.2 Å². The molecule has 16 heavy (non-hydrogen) atoms. The molecule has 0 radical (unpaired) electrons. The first-order valence-corrected chi connectivity index (χ1v) is 5.96. The molecule has 1 N–H and O–H groups in total. The Morgan fingerprint density at radius 2 is 2.12 bits per heavy atom. The third-order valence-electron chi connectivity index (χ3n) is 2.75. The predicted molar refractivity (Wildman–Crippen MR) is 56.4 cm³/mol. The van der Waals surface area contributed by atoms with Gasteiger partial charge in [0.15, 0.2) is 5.69 Å². The third-order valence-corrected chi connectivity index (χ3v) is 3.93. The number of hydrogen-bond donors (Lipinski definition) is 1. The van der Waals surface area contributed by atoms with Crippen molar-refractivity contribution >= 4 is 11.3 Å². The molecule has 0 saturated heterocycles. The number of nitrogens with zero attached hydrogens (tertiary/aromatic N) is 1. The lowest BCUT2D eigenvalue weighted by Crippen LogP contribution is -2.12. The second kappa shape index (κ2) is 4.00. The van der Waals surface area contributed by atoms with Crippen LogP contribution in [-0.2, 0) is 12.7 Å². The van der Waals surface area contributed by atoms with Gasteiger partial charge in [-0.05, 0) is 19.4 Å². The molecule has 1 aromatic rings. The van der Waals surface area contributed by atoms with Crippen molar-refractivity contribution in [2.45, 2.75) is 32.0 Å². The van der Waals surface area contributed by atoms with E-state index in [9.17, 15) is 13.2 Å². The maximum atomic E-state index is 12.7. The van der Waals surface area contributed by atoms with Gasteiger partial charge in [0, 0.05) is 12.5 Å². The van der Waals surface area contributed by atoms with Crippen LogP contribution < -0.4 is 5.32 Å². The van der Waals surface area contributed by atoms with Crippen molar-refractivity contribution < 1.29 is 13.2 Å². The van der Waals surface area contributed by atoms with Crippen molar-refractivity contribution in [2.24, 2.45) is 5.92 Å². The van der Waals surface area contributed by atoms with Crippen LogP contribution in [0.1, 0.15) is 34.8 Å². The maximum absolute atomic E-state index is 12.7. The Kier molecular flexibility index (Phi) is 2.96. The van der Waals surface area contributed by atoms with Crippen molar-refractivity contribution in [3.05, 3.63) is 15.6 Å². The summed E-state index contributed by atoms with van der Waals surface area (Å²) in [5.74, 6) is 0.728. The molecule has 1 heterocycles. The summed E-state index contributed by atoms with van der Waals surface area (Å²) in [7, 11) is 1.64. The number of halogens is 3. The Bertz CT molecular complexity index is 386. The smallest absolute Gasteiger partial charge is 0.315 e. The van der Waals surface area contributed by atoms with Gasteiger partial charge in [-0.2, -0.15) is 13.2 Å². The van der Waals surface area contributed by atoms with Crippen LogP contribution >= 0.6 is 11.3 Å². The second-order valence-corrected chi connectivity index (χ2v) is 5.29. The fourth-order valence-electron chi connectivity index (χ4n) is 1.70. The second-order valence-electron chi connectivity index (χ2n) is 4.17. The van der Waals surface area contributed by atoms with E-state index in [1.165, 1.54) is 11.3 Å². The van der Waals surface area contributed by atoms with Gasteiger partial charge in [0.2, 0.25) is 0 Å². The van der Waals surface area contributed by atoms with E-state index in [0.717, 1.165) is 6.42 Å². The van der Waals surface area contributed by atoms with E-state index in [4.69, 9.17) is 0 Å². The fraction of sp³-hybridized carbons (Fsp3) is 0.700. The molecule has 1 saturated carbocycles. The number of aromatic nitrogens is 1. The summed E-state index contributed by atoms with van der Waals surface area (Å²) in [6.07, 6.45) is -3.37. The van der Waals surface area contributed by atoms with Crippen molar-refractivity contribution in [1.82, 2.24) is 10.3 Å². The number of nitrogens with one attached hydrogen (secondary N) is 1. The summed E-state index contributed by atoms with van der Waals surface area (Å²) in [5.41, 5.74) is -0.707. The van der Waals surface area contributed by atoms with Gasteiger partial charge in [-0.15, -0.1) is 11.3 Å². The maximum Gasteiger partial charge on any atom is 0.434 e. The molecule has 0 amide bonds. The van der Waals surface area contributed by atoms with Crippen LogP contribution in [0.5, 0.6) is 0 Å². The summed E-state index contributed by atoms with van der Waals surface area (Å²) in [4.78, 5) is 4.06. The average molecular weight is 250 g/mol. The molecule has 90 valence electrons. The van der Waals surface area contributed by atoms with E-state index in [0.29, 0.717) is 15.8 Å². The molecular weight excluding hydrogens is 237 g/mol. The number of thiazole rings is 1. The highest BCUT2D eigenvalue weighted by Crippen LogP contribution is 2.49. The summed E-state index contributed by atoms with van der Waals surface area (Å²) >= 11 is 1.19. The van der Waals surface area contributed by atoms with Crippen LogP contribution in [0.15, 0.2) is 0 Å². The molecule has 1 fully saturated rings. The topological polar surface area (TPSA) is 24.9 Å². The minimum Gasteiger partial charge on any atom is -0.315 e. The van der Waals surface area contributed by atoms with E-state index in [-0.39, 0.29) is 12.5 Å². The lowest BCUT2D eigenvalue weighted by molar-refractivity contribution is -0.141. The van der Waals surface area contributed by atoms with Crippen LogP contribution in [0, 0.1) is 5.92 Å². The van der Waals surface area contributed by atoms with Crippen molar-refractivity contribution in [3.8, 4) is 0 Å². The lowest BCUT2D eigenvalue weighted by Gasteiger charge is -2.04. The van der Waals surface area contributed by atoms with Gasteiger partial charge in [0.1, 0.15) is 0 Å². The van der Waals surface area contributed by atoms with E-state index in [1.54, 1.807) is 7.05 Å². The lowest BCUT2D eigenvalue weighted by atomic mass is 10.3. The molecule has 1 aliphatic rings. The van der Waals surface area contributed by atoms with Gasteiger partial charge in [-0.1, -0.05) is 6.92 Å². The molecule has 0 bridgehead atoms. The molecule has 0 spiro atoms. The van der Waals surface area contributed by atoms with Gasteiger partial charge in [0.25, 0.3) is 0 Å². The van der Waals surface area contributed by atoms with Crippen molar-refractivity contribution in [3.63, 3.8) is 0 Å². The predicted octanol–water partition coefficient (Wildman–Crippen LogP) is 3.00. The SMILES string of the molecule is CNCc1sc(C2CC2C)nc1C(F)(F)F. The standard InChI is InChI=1S/C10H13F3N2S/c1-5-3-6(5)9-15-8(10(11,12)13)7(16-9)4-14-2/h5-6,14H,3-4H2,1-2H3. The molecule has 2 unspecified atom stereocenters. The van der Waals surface area contributed by atoms with Crippen LogP contribution in [-0.4, -0.2) is 12.0 Å². The van der Waals surface area contributed by atoms with Crippen molar-refractivity contribution in [1.29, 1.82) is 0 Å². The molecule has 2 rings (SSSR count). The van der Waals surface area contributed by atoms with Gasteiger partial charge in [0.05, 0.1) is 9.88 Å². The molecule has 6 heteroatoms. The van der Waals surface area contributed by atoms with E-state index in [1.807, 2.05) is 6.92 Å². The zero-order chi connectivity index (χ0) is 11.9. The Morgan fingerprint density at radius 3 is 2.56 bits per heavy atom. The van der Waals surface area contributed by atoms with E-state index >= 15 is 0 Å². The first-order chi connectivity index (χ1) is 7.43. The van der Waals surface area contributed by atoms with Gasteiger partial charge in [-0.3, -0.25) is 0 Å². The highest BCUT2D eigenvalue weighted by Gasteiger charge is 2.42. The normalized spacial score (nSPS) is 24.8. The van der Waals surface area contributed by atoms with E-state index in [2.05, 4.69) is 10.3 Å². The van der Waals surface area contributed by atoms with Crippen LogP contribution in [0.2, 0.25) is 0 Å². The van der Waals surface area contributed by atoms with Crippen LogP contribution in [0.25, 0.3) is 0 Å². The molecule has 0 aromatic carbocycles. The Morgan fingerprint density at radius 1 is 1.50 bits per heavy atom. The minimum absolute atomic E-state index is 0.230. The number of rotatable bonds is 3. The monoisotopic (exact) mass is 250 g/mol. The number of alkyl halides is 3. The molecule has 1 aromatic heterocycles. The van der Waals surface area contributed by atoms with Gasteiger partial charge >= 0.3 is 6.18 Å². The van der Waals surface area contributed by atoms with E-state index < -0.39 is 11.9 Å². The van der Waals surface area contributed by atoms with Crippen molar-refractivity contribution in [2.75, 3.05) is 7.05 Å². The summed E-state index contributed by atoms with van der Waals surface area (Å²) in [6.45, 7) is 2.27. The number of hydrogen-bond acceptors (Lipinski definition) is 3.